The lowest BCUT2D eigenvalue weighted by molar-refractivity contribution is 0.211. The van der Waals surface area contributed by atoms with Crippen molar-refractivity contribution in [2.45, 2.75) is 0 Å². The number of aliphatic hydroxyl groups is 1. The fourth-order valence-corrected chi connectivity index (χ4v) is 1.65. The van der Waals surface area contributed by atoms with Crippen molar-refractivity contribution in [1.82, 2.24) is 0 Å². The molecule has 3 nitrogen and oxygen atoms in total. The summed E-state index contributed by atoms with van der Waals surface area (Å²) >= 11 is 0. The van der Waals surface area contributed by atoms with Gasteiger partial charge in [-0.2, -0.15) is 0 Å². The van der Waals surface area contributed by atoms with Crippen LogP contribution in [0, 0.1) is 17.7 Å². The Labute approximate surface area is 122 Å². The summed E-state index contributed by atoms with van der Waals surface area (Å²) in [6.07, 6.45) is 0. The standard InChI is InChI=1S/C17H15FO3/c18-16-5-1-2-6-17(16)21-13-12-20-15-9-7-14(8-10-15)4-3-11-19/h1-2,5-10,19H,11-13H2. The molecule has 0 saturated carbocycles. The van der Waals surface area contributed by atoms with Crippen LogP contribution < -0.4 is 9.47 Å². The summed E-state index contributed by atoms with van der Waals surface area (Å²) in [6.45, 7) is 0.411. The molecule has 0 bridgehead atoms. The minimum absolute atomic E-state index is 0.161. The quantitative estimate of drug-likeness (QED) is 0.678. The molecule has 0 aromatic heterocycles. The zero-order valence-corrected chi connectivity index (χ0v) is 11.4. The van der Waals surface area contributed by atoms with Gasteiger partial charge in [0.2, 0.25) is 0 Å². The molecule has 0 aliphatic heterocycles. The first-order valence-electron chi connectivity index (χ1n) is 6.49. The molecule has 0 saturated heterocycles. The SMILES string of the molecule is OCC#Cc1ccc(OCCOc2ccccc2F)cc1. The van der Waals surface area contributed by atoms with Crippen molar-refractivity contribution >= 4 is 0 Å². The fraction of sp³-hybridized carbons (Fsp3) is 0.176. The van der Waals surface area contributed by atoms with Gasteiger partial charge in [0.05, 0.1) is 0 Å². The monoisotopic (exact) mass is 286 g/mol. The van der Waals surface area contributed by atoms with Crippen molar-refractivity contribution in [2.24, 2.45) is 0 Å². The summed E-state index contributed by atoms with van der Waals surface area (Å²) in [6, 6.07) is 13.4. The minimum Gasteiger partial charge on any atom is -0.490 e. The molecular weight excluding hydrogens is 271 g/mol. The highest BCUT2D eigenvalue weighted by atomic mass is 19.1. The third kappa shape index (κ3) is 4.83. The van der Waals surface area contributed by atoms with Gasteiger partial charge >= 0.3 is 0 Å². The Morgan fingerprint density at radius 2 is 1.67 bits per heavy atom. The first kappa shape index (κ1) is 14.9. The molecule has 0 aliphatic carbocycles. The number of ether oxygens (including phenoxy) is 2. The summed E-state index contributed by atoms with van der Waals surface area (Å²) in [5, 5.41) is 8.60. The number of hydrogen-bond acceptors (Lipinski definition) is 3. The summed E-state index contributed by atoms with van der Waals surface area (Å²) in [7, 11) is 0. The summed E-state index contributed by atoms with van der Waals surface area (Å²) in [5.74, 6) is 5.88. The average Bonchev–Trinajstić information content (AvgIpc) is 2.52. The second-order valence-electron chi connectivity index (χ2n) is 4.11. The second-order valence-corrected chi connectivity index (χ2v) is 4.11. The van der Waals surface area contributed by atoms with Crippen molar-refractivity contribution < 1.29 is 19.0 Å². The van der Waals surface area contributed by atoms with Crippen molar-refractivity contribution in [3.8, 4) is 23.3 Å². The molecule has 1 N–H and O–H groups in total. The number of hydrogen-bond donors (Lipinski definition) is 1. The van der Waals surface area contributed by atoms with Crippen LogP contribution in [0.5, 0.6) is 11.5 Å². The highest BCUT2D eigenvalue weighted by Crippen LogP contribution is 2.15. The van der Waals surface area contributed by atoms with Crippen LogP contribution in [0.2, 0.25) is 0 Å². The predicted molar refractivity (Wildman–Crippen MR) is 77.8 cm³/mol. The highest BCUT2D eigenvalue weighted by molar-refractivity contribution is 5.38. The Morgan fingerprint density at radius 3 is 2.38 bits per heavy atom. The number of para-hydroxylation sites is 1. The normalized spacial score (nSPS) is 9.62. The van der Waals surface area contributed by atoms with Gasteiger partial charge in [-0.15, -0.1) is 0 Å². The summed E-state index contributed by atoms with van der Waals surface area (Å²) < 4.78 is 24.1. The van der Waals surface area contributed by atoms with Crippen LogP contribution in [0.4, 0.5) is 4.39 Å². The van der Waals surface area contributed by atoms with E-state index in [1.165, 1.54) is 6.07 Å². The van der Waals surface area contributed by atoms with Crippen molar-refractivity contribution in [3.63, 3.8) is 0 Å². The van der Waals surface area contributed by atoms with Crippen LogP contribution >= 0.6 is 0 Å². The van der Waals surface area contributed by atoms with E-state index in [4.69, 9.17) is 14.6 Å². The lowest BCUT2D eigenvalue weighted by atomic mass is 10.2. The zero-order chi connectivity index (χ0) is 14.9. The van der Waals surface area contributed by atoms with Gasteiger partial charge in [0.1, 0.15) is 25.6 Å². The average molecular weight is 286 g/mol. The first-order valence-corrected chi connectivity index (χ1v) is 6.49. The van der Waals surface area contributed by atoms with Gasteiger partial charge in [0.15, 0.2) is 11.6 Å². The van der Waals surface area contributed by atoms with Crippen LogP contribution in [0.15, 0.2) is 48.5 Å². The van der Waals surface area contributed by atoms with E-state index >= 15 is 0 Å². The maximum Gasteiger partial charge on any atom is 0.165 e. The molecule has 0 heterocycles. The van der Waals surface area contributed by atoms with E-state index in [1.807, 2.05) is 0 Å². The molecule has 108 valence electrons. The zero-order valence-electron chi connectivity index (χ0n) is 11.4. The maximum atomic E-state index is 13.3. The third-order valence-corrected chi connectivity index (χ3v) is 2.61. The Kier molecular flexibility index (Phi) is 5.62. The van der Waals surface area contributed by atoms with Crippen molar-refractivity contribution in [2.75, 3.05) is 19.8 Å². The third-order valence-electron chi connectivity index (χ3n) is 2.61. The largest absolute Gasteiger partial charge is 0.490 e. The van der Waals surface area contributed by atoms with Crippen molar-refractivity contribution in [3.05, 3.63) is 59.9 Å². The molecule has 21 heavy (non-hydrogen) atoms. The topological polar surface area (TPSA) is 38.7 Å². The minimum atomic E-state index is -0.385. The first-order chi connectivity index (χ1) is 10.3. The van der Waals surface area contributed by atoms with Gasteiger partial charge < -0.3 is 14.6 Å². The lowest BCUT2D eigenvalue weighted by Gasteiger charge is -2.08. The Balaban J connectivity index is 1.77. The second kappa shape index (κ2) is 7.93. The Morgan fingerprint density at radius 1 is 0.952 bits per heavy atom. The number of aliphatic hydroxyl groups excluding tert-OH is 1. The molecule has 0 atom stereocenters. The molecule has 0 amide bonds. The highest BCUT2D eigenvalue weighted by Gasteiger charge is 2.01. The van der Waals surface area contributed by atoms with Gasteiger partial charge in [-0.3, -0.25) is 0 Å². The maximum absolute atomic E-state index is 13.3. The molecule has 0 aliphatic rings. The molecule has 2 rings (SSSR count). The van der Waals surface area contributed by atoms with Gasteiger partial charge in [0, 0.05) is 5.56 Å². The Bertz CT molecular complexity index is 626. The van der Waals surface area contributed by atoms with E-state index in [9.17, 15) is 4.39 Å². The van der Waals surface area contributed by atoms with Crippen LogP contribution in [-0.2, 0) is 0 Å². The van der Waals surface area contributed by atoms with E-state index in [1.54, 1.807) is 42.5 Å². The van der Waals surface area contributed by atoms with E-state index in [0.717, 1.165) is 5.56 Å². The van der Waals surface area contributed by atoms with Gasteiger partial charge in [-0.05, 0) is 36.4 Å². The van der Waals surface area contributed by atoms with Crippen LogP contribution in [-0.4, -0.2) is 24.9 Å². The van der Waals surface area contributed by atoms with E-state index in [-0.39, 0.29) is 24.8 Å². The van der Waals surface area contributed by atoms with Crippen LogP contribution in [0.3, 0.4) is 0 Å². The molecule has 2 aromatic carbocycles. The predicted octanol–water partition coefficient (Wildman–Crippen LogP) is 2.63. The van der Waals surface area contributed by atoms with Crippen molar-refractivity contribution in [1.29, 1.82) is 0 Å². The van der Waals surface area contributed by atoms with Gasteiger partial charge in [-0.25, -0.2) is 4.39 Å². The summed E-state index contributed by atoms with van der Waals surface area (Å²) in [4.78, 5) is 0. The van der Waals surface area contributed by atoms with Gasteiger partial charge in [0.25, 0.3) is 0 Å². The molecular formula is C17H15FO3. The Hall–Kier alpha value is -2.51. The van der Waals surface area contributed by atoms with E-state index in [2.05, 4.69) is 11.8 Å². The molecule has 0 fully saturated rings. The van der Waals surface area contributed by atoms with Gasteiger partial charge in [-0.1, -0.05) is 24.0 Å². The van der Waals surface area contributed by atoms with E-state index < -0.39 is 0 Å². The number of benzene rings is 2. The number of halogens is 1. The smallest absolute Gasteiger partial charge is 0.165 e. The fourth-order valence-electron chi connectivity index (χ4n) is 1.65. The molecule has 0 spiro atoms. The van der Waals surface area contributed by atoms with E-state index in [0.29, 0.717) is 12.4 Å². The molecule has 4 heteroatoms. The molecule has 2 aromatic rings. The molecule has 0 radical (unpaired) electrons. The van der Waals surface area contributed by atoms with Crippen LogP contribution in [0.25, 0.3) is 0 Å². The van der Waals surface area contributed by atoms with Crippen LogP contribution in [0.1, 0.15) is 5.56 Å². The number of rotatable bonds is 5. The molecule has 0 unspecified atom stereocenters. The lowest BCUT2D eigenvalue weighted by Crippen LogP contribution is -2.09. The summed E-state index contributed by atoms with van der Waals surface area (Å²) in [5.41, 5.74) is 0.805.